The number of halogens is 1. The third-order valence-electron chi connectivity index (χ3n) is 9.18. The lowest BCUT2D eigenvalue weighted by Gasteiger charge is -2.35. The van der Waals surface area contributed by atoms with Gasteiger partial charge >= 0.3 is 0 Å². The standard InChI is InChI=1S/C36H40FN5O3/c1-23(30-20-26(28-5-3-17-38-21-28)11-10-25(30)9-8-24-6-7-24)40-35(45)36(2)16-4-18-42(36)33(43)22-39-34(44)32-14-12-27-19-29(37)13-15-31(27)41-32/h5,8-15,19-20,23-24,38H,3-4,6-7,16-18,21-22H2,1-2H3,(H,39,44)(H,40,45)/b9-8+/t23-,36-/m0/s1. The van der Waals surface area contributed by atoms with Gasteiger partial charge in [0.15, 0.2) is 0 Å². The number of benzene rings is 2. The lowest BCUT2D eigenvalue weighted by molar-refractivity contribution is -0.143. The van der Waals surface area contributed by atoms with E-state index >= 15 is 0 Å². The number of carbonyl (C=O) groups is 3. The van der Waals surface area contributed by atoms with Crippen LogP contribution in [0.1, 0.15) is 79.2 Å². The summed E-state index contributed by atoms with van der Waals surface area (Å²) in [5, 5.41) is 9.89. The first-order chi connectivity index (χ1) is 21.7. The summed E-state index contributed by atoms with van der Waals surface area (Å²) in [5.74, 6) is -0.805. The number of hydrogen-bond acceptors (Lipinski definition) is 5. The highest BCUT2D eigenvalue weighted by molar-refractivity contribution is 5.98. The van der Waals surface area contributed by atoms with Gasteiger partial charge in [0.25, 0.3) is 5.91 Å². The maximum Gasteiger partial charge on any atom is 0.270 e. The normalized spacial score (nSPS) is 20.7. The third-order valence-corrected chi connectivity index (χ3v) is 9.18. The number of allylic oxidation sites excluding steroid dienone is 1. The Morgan fingerprint density at radius 3 is 2.78 bits per heavy atom. The number of hydrogen-bond donors (Lipinski definition) is 3. The number of nitrogens with one attached hydrogen (secondary N) is 3. The van der Waals surface area contributed by atoms with Crippen LogP contribution in [-0.4, -0.2) is 59.3 Å². The average molecular weight is 610 g/mol. The van der Waals surface area contributed by atoms with Crippen molar-refractivity contribution in [3.05, 3.63) is 88.9 Å². The van der Waals surface area contributed by atoms with Gasteiger partial charge in [-0.2, -0.15) is 0 Å². The Hall–Kier alpha value is -4.37. The van der Waals surface area contributed by atoms with Crippen LogP contribution in [0, 0.1) is 11.7 Å². The van der Waals surface area contributed by atoms with Crippen molar-refractivity contribution >= 4 is 40.3 Å². The van der Waals surface area contributed by atoms with Crippen molar-refractivity contribution in [3.8, 4) is 0 Å². The van der Waals surface area contributed by atoms with Crippen molar-refractivity contribution in [1.29, 1.82) is 0 Å². The van der Waals surface area contributed by atoms with Crippen LogP contribution in [-0.2, 0) is 9.59 Å². The second-order valence-corrected chi connectivity index (χ2v) is 12.6. The molecule has 0 spiro atoms. The Labute approximate surface area is 263 Å². The predicted octanol–water partition coefficient (Wildman–Crippen LogP) is 5.16. The summed E-state index contributed by atoms with van der Waals surface area (Å²) in [5.41, 5.74) is 4.11. The minimum atomic E-state index is -1.04. The zero-order valence-corrected chi connectivity index (χ0v) is 25.9. The molecule has 3 aromatic rings. The van der Waals surface area contributed by atoms with E-state index in [4.69, 9.17) is 0 Å². The highest BCUT2D eigenvalue weighted by Gasteiger charge is 2.46. The van der Waals surface area contributed by atoms with Gasteiger partial charge in [0.1, 0.15) is 17.1 Å². The Kier molecular flexibility index (Phi) is 8.81. The molecule has 2 aliphatic heterocycles. The molecule has 6 rings (SSSR count). The molecule has 1 saturated heterocycles. The summed E-state index contributed by atoms with van der Waals surface area (Å²) in [6.45, 7) is 5.76. The minimum Gasteiger partial charge on any atom is -0.348 e. The second-order valence-electron chi connectivity index (χ2n) is 12.6. The first-order valence-corrected chi connectivity index (χ1v) is 15.9. The molecule has 2 atom stereocenters. The number of fused-ring (bicyclic) bond motifs is 1. The van der Waals surface area contributed by atoms with E-state index in [1.165, 1.54) is 42.7 Å². The molecule has 3 heterocycles. The van der Waals surface area contributed by atoms with Crippen molar-refractivity contribution in [1.82, 2.24) is 25.8 Å². The molecule has 0 radical (unpaired) electrons. The van der Waals surface area contributed by atoms with Crippen LogP contribution >= 0.6 is 0 Å². The van der Waals surface area contributed by atoms with Gasteiger partial charge in [-0.05, 0) is 111 Å². The molecule has 0 bridgehead atoms. The van der Waals surface area contributed by atoms with Crippen LogP contribution in [0.5, 0.6) is 0 Å². The molecule has 0 unspecified atom stereocenters. The molecule has 1 aliphatic carbocycles. The summed E-state index contributed by atoms with van der Waals surface area (Å²) in [7, 11) is 0. The molecule has 1 aromatic heterocycles. The lowest BCUT2D eigenvalue weighted by atomic mass is 9.92. The fraction of sp³-hybridized carbons (Fsp3) is 0.389. The van der Waals surface area contributed by atoms with E-state index < -0.39 is 11.4 Å². The molecule has 2 fully saturated rings. The van der Waals surface area contributed by atoms with E-state index in [0.717, 1.165) is 36.2 Å². The molecular weight excluding hydrogens is 569 g/mol. The summed E-state index contributed by atoms with van der Waals surface area (Å²) in [6, 6.07) is 13.5. The molecule has 3 amide bonds. The van der Waals surface area contributed by atoms with Gasteiger partial charge in [0.05, 0.1) is 18.1 Å². The quantitative estimate of drug-likeness (QED) is 0.311. The molecular formula is C36H40FN5O3. The van der Waals surface area contributed by atoms with Crippen molar-refractivity contribution in [2.75, 3.05) is 26.2 Å². The predicted molar refractivity (Wildman–Crippen MR) is 174 cm³/mol. The summed E-state index contributed by atoms with van der Waals surface area (Å²) >= 11 is 0. The number of aromatic nitrogens is 1. The summed E-state index contributed by atoms with van der Waals surface area (Å²) < 4.78 is 13.5. The van der Waals surface area contributed by atoms with Crippen LogP contribution in [0.25, 0.3) is 22.6 Å². The Morgan fingerprint density at radius 1 is 1.16 bits per heavy atom. The highest BCUT2D eigenvalue weighted by atomic mass is 19.1. The molecule has 8 nitrogen and oxygen atoms in total. The van der Waals surface area contributed by atoms with E-state index in [9.17, 15) is 18.8 Å². The van der Waals surface area contributed by atoms with E-state index in [1.54, 1.807) is 17.9 Å². The molecule has 2 aromatic carbocycles. The molecule has 1 saturated carbocycles. The number of pyridine rings is 1. The fourth-order valence-corrected chi connectivity index (χ4v) is 6.29. The Balaban J connectivity index is 1.14. The second kappa shape index (κ2) is 12.9. The zero-order chi connectivity index (χ0) is 31.6. The maximum atomic E-state index is 13.9. The van der Waals surface area contributed by atoms with Gasteiger partial charge < -0.3 is 20.9 Å². The van der Waals surface area contributed by atoms with Crippen molar-refractivity contribution in [2.24, 2.45) is 5.92 Å². The largest absolute Gasteiger partial charge is 0.348 e. The number of carbonyl (C=O) groups excluding carboxylic acids is 3. The van der Waals surface area contributed by atoms with Crippen molar-refractivity contribution < 1.29 is 18.8 Å². The average Bonchev–Trinajstić information content (AvgIpc) is 3.80. The summed E-state index contributed by atoms with van der Waals surface area (Å²) in [4.78, 5) is 46.0. The van der Waals surface area contributed by atoms with Gasteiger partial charge in [-0.25, -0.2) is 9.37 Å². The zero-order valence-electron chi connectivity index (χ0n) is 25.9. The van der Waals surface area contributed by atoms with Crippen molar-refractivity contribution in [3.63, 3.8) is 0 Å². The first-order valence-electron chi connectivity index (χ1n) is 15.9. The monoisotopic (exact) mass is 609 g/mol. The van der Waals surface area contributed by atoms with Gasteiger partial charge in [0.2, 0.25) is 11.8 Å². The van der Waals surface area contributed by atoms with Crippen LogP contribution in [0.4, 0.5) is 4.39 Å². The first kappa shape index (κ1) is 30.6. The molecule has 45 heavy (non-hydrogen) atoms. The van der Waals surface area contributed by atoms with E-state index in [2.05, 4.69) is 57.4 Å². The SMILES string of the molecule is C[C@H](NC(=O)[C@]1(C)CCCN1C(=O)CNC(=O)c1ccc2cc(F)ccc2n1)c1cc(C2=CCCNC2)ccc1/C=C/C1CC1. The fourth-order valence-electron chi connectivity index (χ4n) is 6.29. The van der Waals surface area contributed by atoms with E-state index in [-0.39, 0.29) is 35.9 Å². The van der Waals surface area contributed by atoms with Gasteiger partial charge in [-0.15, -0.1) is 0 Å². The van der Waals surface area contributed by atoms with Crippen LogP contribution in [0.2, 0.25) is 0 Å². The number of nitrogens with zero attached hydrogens (tertiary/aromatic N) is 2. The van der Waals surface area contributed by atoms with Crippen LogP contribution < -0.4 is 16.0 Å². The van der Waals surface area contributed by atoms with Crippen LogP contribution in [0.3, 0.4) is 0 Å². The Morgan fingerprint density at radius 2 is 2.00 bits per heavy atom. The lowest BCUT2D eigenvalue weighted by Crippen LogP contribution is -2.57. The van der Waals surface area contributed by atoms with E-state index in [1.807, 2.05) is 6.92 Å². The number of rotatable bonds is 9. The third kappa shape index (κ3) is 6.83. The molecule has 3 N–H and O–H groups in total. The van der Waals surface area contributed by atoms with Gasteiger partial charge in [-0.1, -0.05) is 36.4 Å². The Bertz CT molecular complexity index is 1700. The number of amides is 3. The smallest absolute Gasteiger partial charge is 0.270 e. The highest BCUT2D eigenvalue weighted by Crippen LogP contribution is 2.34. The van der Waals surface area contributed by atoms with Crippen molar-refractivity contribution in [2.45, 2.75) is 57.5 Å². The van der Waals surface area contributed by atoms with Crippen LogP contribution in [0.15, 0.2) is 60.7 Å². The number of likely N-dealkylation sites (tertiary alicyclic amines) is 1. The summed E-state index contributed by atoms with van der Waals surface area (Å²) in [6.07, 6.45) is 11.4. The minimum absolute atomic E-state index is 0.131. The van der Waals surface area contributed by atoms with E-state index in [0.29, 0.717) is 36.2 Å². The topological polar surface area (TPSA) is 103 Å². The molecule has 9 heteroatoms. The van der Waals surface area contributed by atoms with Gasteiger partial charge in [0, 0.05) is 18.5 Å². The molecule has 3 aliphatic rings. The molecule has 234 valence electrons. The van der Waals surface area contributed by atoms with Gasteiger partial charge in [-0.3, -0.25) is 14.4 Å². The maximum absolute atomic E-state index is 13.9.